The third kappa shape index (κ3) is 5.97. The van der Waals surface area contributed by atoms with Gasteiger partial charge in [0.05, 0.1) is 26.2 Å². The van der Waals surface area contributed by atoms with E-state index in [0.717, 1.165) is 14.9 Å². The van der Waals surface area contributed by atoms with Crippen molar-refractivity contribution in [3.8, 4) is 11.5 Å². The summed E-state index contributed by atoms with van der Waals surface area (Å²) in [6, 6.07) is 3.60. The van der Waals surface area contributed by atoms with Gasteiger partial charge in [0.15, 0.2) is 15.8 Å². The van der Waals surface area contributed by atoms with Crippen LogP contribution in [0, 0.1) is 0 Å². The fourth-order valence-corrected chi connectivity index (χ4v) is 5.64. The Labute approximate surface area is 178 Å². The SMILES string of the molecule is COc1ccc(N([C@H](C)C(=O)Nc2nnc(SC(C)C)s2)S(C)(=O)=O)cc1OC. The minimum Gasteiger partial charge on any atom is -0.493 e. The van der Waals surface area contributed by atoms with E-state index in [1.165, 1.54) is 50.3 Å². The van der Waals surface area contributed by atoms with Crippen molar-refractivity contribution in [3.63, 3.8) is 0 Å². The first-order valence-corrected chi connectivity index (χ1v) is 12.1. The van der Waals surface area contributed by atoms with E-state index >= 15 is 0 Å². The van der Waals surface area contributed by atoms with Gasteiger partial charge < -0.3 is 9.47 Å². The predicted octanol–water partition coefficient (Wildman–Crippen LogP) is 2.85. The Morgan fingerprint density at radius 3 is 2.38 bits per heavy atom. The van der Waals surface area contributed by atoms with E-state index in [0.29, 0.717) is 21.9 Å². The molecule has 0 aliphatic rings. The van der Waals surface area contributed by atoms with Crippen molar-refractivity contribution in [1.82, 2.24) is 10.2 Å². The molecule has 0 saturated carbocycles. The number of sulfonamides is 1. The van der Waals surface area contributed by atoms with E-state index in [4.69, 9.17) is 9.47 Å². The molecule has 2 rings (SSSR count). The number of benzene rings is 1. The van der Waals surface area contributed by atoms with Crippen LogP contribution in [0.5, 0.6) is 11.5 Å². The zero-order valence-corrected chi connectivity index (χ0v) is 19.4. The number of aromatic nitrogens is 2. The maximum Gasteiger partial charge on any atom is 0.249 e. The molecule has 1 aromatic carbocycles. The maximum absolute atomic E-state index is 12.7. The topological polar surface area (TPSA) is 111 Å². The van der Waals surface area contributed by atoms with E-state index in [2.05, 4.69) is 15.5 Å². The summed E-state index contributed by atoms with van der Waals surface area (Å²) in [5.74, 6) is 0.277. The molecule has 0 aliphatic carbocycles. The highest BCUT2D eigenvalue weighted by Crippen LogP contribution is 2.34. The second-order valence-corrected chi connectivity index (χ2v) is 11.0. The second kappa shape index (κ2) is 9.63. The van der Waals surface area contributed by atoms with Gasteiger partial charge in [-0.1, -0.05) is 36.9 Å². The molecular formula is C17H24N4O5S3. The molecular weight excluding hydrogens is 436 g/mol. The highest BCUT2D eigenvalue weighted by Gasteiger charge is 2.30. The zero-order valence-electron chi connectivity index (χ0n) is 17.0. The van der Waals surface area contributed by atoms with Gasteiger partial charge in [-0.3, -0.25) is 14.4 Å². The Kier molecular flexibility index (Phi) is 7.72. The molecule has 1 N–H and O–H groups in total. The van der Waals surface area contributed by atoms with Crippen LogP contribution < -0.4 is 19.1 Å². The van der Waals surface area contributed by atoms with Gasteiger partial charge in [-0.2, -0.15) is 0 Å². The number of hydrogen-bond acceptors (Lipinski definition) is 9. The Morgan fingerprint density at radius 2 is 1.83 bits per heavy atom. The number of carbonyl (C=O) groups excluding carboxylic acids is 1. The number of methoxy groups -OCH3 is 2. The molecule has 1 aromatic heterocycles. The number of rotatable bonds is 9. The Hall–Kier alpha value is -2.05. The first-order valence-electron chi connectivity index (χ1n) is 8.59. The van der Waals surface area contributed by atoms with Crippen LogP contribution in [0.15, 0.2) is 22.5 Å². The van der Waals surface area contributed by atoms with Gasteiger partial charge in [-0.15, -0.1) is 10.2 Å². The highest BCUT2D eigenvalue weighted by atomic mass is 32.2. The average molecular weight is 461 g/mol. The molecule has 29 heavy (non-hydrogen) atoms. The van der Waals surface area contributed by atoms with Gasteiger partial charge in [0.1, 0.15) is 6.04 Å². The molecule has 0 aliphatic heterocycles. The number of thioether (sulfide) groups is 1. The molecule has 0 radical (unpaired) electrons. The fraction of sp³-hybridized carbons (Fsp3) is 0.471. The lowest BCUT2D eigenvalue weighted by Gasteiger charge is -2.28. The van der Waals surface area contributed by atoms with E-state index in [-0.39, 0.29) is 5.69 Å². The number of ether oxygens (including phenoxy) is 2. The predicted molar refractivity (Wildman–Crippen MR) is 116 cm³/mol. The quantitative estimate of drug-likeness (QED) is 0.449. The number of anilines is 2. The molecule has 1 atom stereocenters. The van der Waals surface area contributed by atoms with Crippen LogP contribution in [-0.4, -0.2) is 56.3 Å². The lowest BCUT2D eigenvalue weighted by atomic mass is 10.2. The number of nitrogens with one attached hydrogen (secondary N) is 1. The molecule has 0 saturated heterocycles. The van der Waals surface area contributed by atoms with Crippen molar-refractivity contribution in [3.05, 3.63) is 18.2 Å². The summed E-state index contributed by atoms with van der Waals surface area (Å²) in [5, 5.41) is 11.2. The van der Waals surface area contributed by atoms with Crippen molar-refractivity contribution in [2.75, 3.05) is 30.1 Å². The standard InChI is InChI=1S/C17H24N4O5S3/c1-10(2)27-17-20-19-16(28-17)18-15(22)11(3)21(29(6,23)24)12-7-8-13(25-4)14(9-12)26-5/h7-11H,1-6H3,(H,18,19,22)/t11-/m1/s1. The van der Waals surface area contributed by atoms with Crippen LogP contribution in [0.1, 0.15) is 20.8 Å². The molecule has 0 spiro atoms. The van der Waals surface area contributed by atoms with Crippen molar-refractivity contribution >= 4 is 49.8 Å². The lowest BCUT2D eigenvalue weighted by molar-refractivity contribution is -0.116. The maximum atomic E-state index is 12.7. The van der Waals surface area contributed by atoms with Gasteiger partial charge in [-0.25, -0.2) is 8.42 Å². The molecule has 9 nitrogen and oxygen atoms in total. The molecule has 12 heteroatoms. The highest BCUT2D eigenvalue weighted by molar-refractivity contribution is 8.01. The van der Waals surface area contributed by atoms with E-state index in [1.807, 2.05) is 13.8 Å². The third-order valence-corrected chi connectivity index (χ3v) is 6.85. The minimum atomic E-state index is -3.77. The molecule has 0 fully saturated rings. The van der Waals surface area contributed by atoms with Crippen molar-refractivity contribution in [2.45, 2.75) is 36.4 Å². The monoisotopic (exact) mass is 460 g/mol. The van der Waals surface area contributed by atoms with Crippen LogP contribution in [-0.2, 0) is 14.8 Å². The van der Waals surface area contributed by atoms with Crippen LogP contribution in [0.25, 0.3) is 0 Å². The summed E-state index contributed by atoms with van der Waals surface area (Å²) >= 11 is 2.77. The van der Waals surface area contributed by atoms with Gasteiger partial charge in [0, 0.05) is 11.3 Å². The Morgan fingerprint density at radius 1 is 1.17 bits per heavy atom. The minimum absolute atomic E-state index is 0.279. The van der Waals surface area contributed by atoms with Crippen LogP contribution in [0.4, 0.5) is 10.8 Å². The average Bonchev–Trinajstić information content (AvgIpc) is 3.06. The normalized spacial score (nSPS) is 12.5. The van der Waals surface area contributed by atoms with Gasteiger partial charge in [0.25, 0.3) is 0 Å². The molecule has 2 aromatic rings. The fourth-order valence-electron chi connectivity index (χ4n) is 2.49. The van der Waals surface area contributed by atoms with Crippen molar-refractivity contribution < 1.29 is 22.7 Å². The van der Waals surface area contributed by atoms with Gasteiger partial charge in [0.2, 0.25) is 21.1 Å². The number of amides is 1. The van der Waals surface area contributed by atoms with E-state index in [1.54, 1.807) is 12.1 Å². The smallest absolute Gasteiger partial charge is 0.249 e. The van der Waals surface area contributed by atoms with Crippen LogP contribution >= 0.6 is 23.1 Å². The number of carbonyl (C=O) groups is 1. The number of nitrogens with zero attached hydrogens (tertiary/aromatic N) is 3. The summed E-state index contributed by atoms with van der Waals surface area (Å²) in [5.41, 5.74) is 0.279. The molecule has 0 unspecified atom stereocenters. The number of hydrogen-bond donors (Lipinski definition) is 1. The first-order chi connectivity index (χ1) is 13.6. The van der Waals surface area contributed by atoms with Crippen molar-refractivity contribution in [1.29, 1.82) is 0 Å². The molecule has 1 amide bonds. The summed E-state index contributed by atoms with van der Waals surface area (Å²) in [6.45, 7) is 5.55. The van der Waals surface area contributed by atoms with Crippen molar-refractivity contribution in [2.24, 2.45) is 0 Å². The summed E-state index contributed by atoms with van der Waals surface area (Å²) in [7, 11) is -0.839. The van der Waals surface area contributed by atoms with Crippen LogP contribution in [0.3, 0.4) is 0 Å². The summed E-state index contributed by atoms with van der Waals surface area (Å²) in [4.78, 5) is 12.7. The zero-order chi connectivity index (χ0) is 21.8. The second-order valence-electron chi connectivity index (χ2n) is 6.30. The first kappa shape index (κ1) is 23.2. The summed E-state index contributed by atoms with van der Waals surface area (Å²) < 4.78 is 37.1. The molecule has 1 heterocycles. The Balaban J connectivity index is 2.28. The summed E-state index contributed by atoms with van der Waals surface area (Å²) in [6.07, 6.45) is 1.04. The van der Waals surface area contributed by atoms with E-state index < -0.39 is 22.0 Å². The Bertz CT molecular complexity index is 962. The van der Waals surface area contributed by atoms with Gasteiger partial charge >= 0.3 is 0 Å². The largest absolute Gasteiger partial charge is 0.493 e. The van der Waals surface area contributed by atoms with E-state index in [9.17, 15) is 13.2 Å². The van der Waals surface area contributed by atoms with Gasteiger partial charge in [-0.05, 0) is 19.1 Å². The lowest BCUT2D eigenvalue weighted by Crippen LogP contribution is -2.45. The van der Waals surface area contributed by atoms with Crippen LogP contribution in [0.2, 0.25) is 0 Å². The molecule has 160 valence electrons. The molecule has 0 bridgehead atoms. The third-order valence-electron chi connectivity index (χ3n) is 3.68.